The maximum Gasteiger partial charge on any atom is 0.146 e. The van der Waals surface area contributed by atoms with Crippen molar-refractivity contribution in [3.63, 3.8) is 0 Å². The fraction of sp³-hybridized carbons (Fsp3) is 0.107. The maximum absolute atomic E-state index is 6.64. The first-order chi connectivity index (χ1) is 16.0. The van der Waals surface area contributed by atoms with Gasteiger partial charge in [-0.25, -0.2) is 0 Å². The van der Waals surface area contributed by atoms with E-state index in [4.69, 9.17) is 32.7 Å². The number of aryl methyl sites for hydroxylation is 1. The summed E-state index contributed by atoms with van der Waals surface area (Å²) in [5.74, 6) is 2.13. The molecule has 33 heavy (non-hydrogen) atoms. The Morgan fingerprint density at radius 1 is 0.758 bits per heavy atom. The second-order valence-electron chi connectivity index (χ2n) is 7.94. The van der Waals surface area contributed by atoms with Crippen LogP contribution in [0.1, 0.15) is 16.8 Å². The summed E-state index contributed by atoms with van der Waals surface area (Å²) < 4.78 is 11.6. The van der Waals surface area contributed by atoms with E-state index in [0.717, 1.165) is 45.1 Å². The van der Waals surface area contributed by atoms with E-state index in [9.17, 15) is 0 Å². The van der Waals surface area contributed by atoms with Crippen molar-refractivity contribution in [3.05, 3.63) is 106 Å². The summed E-state index contributed by atoms with van der Waals surface area (Å²) in [6.07, 6.45) is 0.719. The van der Waals surface area contributed by atoms with Gasteiger partial charge in [-0.3, -0.25) is 4.98 Å². The van der Waals surface area contributed by atoms with Crippen LogP contribution >= 0.6 is 23.2 Å². The highest BCUT2D eigenvalue weighted by atomic mass is 35.5. The number of fused-ring (bicyclic) bond motifs is 2. The first-order valence-electron chi connectivity index (χ1n) is 10.6. The number of hydrogen-bond donors (Lipinski definition) is 0. The highest BCUT2D eigenvalue weighted by molar-refractivity contribution is 6.35. The Morgan fingerprint density at radius 3 is 2.33 bits per heavy atom. The summed E-state index contributed by atoms with van der Waals surface area (Å²) >= 11 is 13.0. The Kier molecular flexibility index (Phi) is 5.84. The molecule has 0 aliphatic heterocycles. The zero-order valence-corrected chi connectivity index (χ0v) is 19.7. The Labute approximate surface area is 202 Å². The predicted molar refractivity (Wildman–Crippen MR) is 136 cm³/mol. The van der Waals surface area contributed by atoms with Crippen molar-refractivity contribution in [2.75, 3.05) is 7.11 Å². The maximum atomic E-state index is 6.64. The van der Waals surface area contributed by atoms with Crippen molar-refractivity contribution in [2.45, 2.75) is 13.3 Å². The third kappa shape index (κ3) is 4.35. The number of methoxy groups -OCH3 is 1. The molecule has 0 spiro atoms. The van der Waals surface area contributed by atoms with Crippen molar-refractivity contribution in [1.82, 2.24) is 4.98 Å². The topological polar surface area (TPSA) is 31.4 Å². The summed E-state index contributed by atoms with van der Waals surface area (Å²) in [7, 11) is 1.67. The van der Waals surface area contributed by atoms with E-state index >= 15 is 0 Å². The second-order valence-corrected chi connectivity index (χ2v) is 8.75. The molecule has 5 rings (SSSR count). The Morgan fingerprint density at radius 2 is 1.55 bits per heavy atom. The smallest absolute Gasteiger partial charge is 0.146 e. The number of benzene rings is 4. The van der Waals surface area contributed by atoms with Crippen LogP contribution in [0.25, 0.3) is 21.7 Å². The predicted octanol–water partition coefficient (Wildman–Crippen LogP) is 8.39. The van der Waals surface area contributed by atoms with E-state index in [1.807, 2.05) is 79.7 Å². The molecule has 0 saturated heterocycles. The second kappa shape index (κ2) is 8.93. The molecule has 5 aromatic rings. The van der Waals surface area contributed by atoms with Crippen molar-refractivity contribution >= 4 is 44.9 Å². The summed E-state index contributed by atoms with van der Waals surface area (Å²) in [6, 6.07) is 25.6. The van der Waals surface area contributed by atoms with Gasteiger partial charge in [0.05, 0.1) is 17.6 Å². The minimum atomic E-state index is 0.555. The monoisotopic (exact) mass is 473 g/mol. The van der Waals surface area contributed by atoms with E-state index in [1.165, 1.54) is 5.56 Å². The molecular formula is C28H21Cl2NO2. The van der Waals surface area contributed by atoms with Gasteiger partial charge in [-0.05, 0) is 73.0 Å². The zero-order chi connectivity index (χ0) is 22.9. The number of rotatable bonds is 5. The van der Waals surface area contributed by atoms with Crippen LogP contribution in [0.15, 0.2) is 78.9 Å². The molecule has 4 aromatic carbocycles. The Hall–Kier alpha value is -3.27. The van der Waals surface area contributed by atoms with Crippen LogP contribution in [0.3, 0.4) is 0 Å². The average molecular weight is 474 g/mol. The van der Waals surface area contributed by atoms with Crippen molar-refractivity contribution in [1.29, 1.82) is 0 Å². The fourth-order valence-corrected chi connectivity index (χ4v) is 4.56. The van der Waals surface area contributed by atoms with Crippen molar-refractivity contribution < 1.29 is 9.47 Å². The lowest BCUT2D eigenvalue weighted by Gasteiger charge is -2.13. The number of hydrogen-bond acceptors (Lipinski definition) is 3. The minimum Gasteiger partial charge on any atom is -0.497 e. The summed E-state index contributed by atoms with van der Waals surface area (Å²) in [5.41, 5.74) is 4.18. The van der Waals surface area contributed by atoms with Gasteiger partial charge in [-0.15, -0.1) is 0 Å². The summed E-state index contributed by atoms with van der Waals surface area (Å²) in [6.45, 7) is 2.01. The first kappa shape index (κ1) is 21.6. The zero-order valence-electron chi connectivity index (χ0n) is 18.2. The largest absolute Gasteiger partial charge is 0.497 e. The van der Waals surface area contributed by atoms with Crippen LogP contribution in [0.4, 0.5) is 0 Å². The lowest BCUT2D eigenvalue weighted by atomic mass is 10.00. The molecule has 0 amide bonds. The fourth-order valence-electron chi connectivity index (χ4n) is 4.09. The number of nitrogens with zero attached hydrogens (tertiary/aromatic N) is 1. The van der Waals surface area contributed by atoms with Crippen LogP contribution in [0.2, 0.25) is 10.0 Å². The van der Waals surface area contributed by atoms with Crippen LogP contribution < -0.4 is 9.47 Å². The van der Waals surface area contributed by atoms with Gasteiger partial charge in [-0.2, -0.15) is 0 Å². The van der Waals surface area contributed by atoms with Crippen molar-refractivity contribution in [3.8, 4) is 17.2 Å². The van der Waals surface area contributed by atoms with E-state index in [1.54, 1.807) is 7.11 Å². The van der Waals surface area contributed by atoms with Gasteiger partial charge in [0.25, 0.3) is 0 Å². The standard InChI is InChI=1S/C28H21Cl2NO2/c1-17-13-19(23-16-20(32-2)8-10-26(23)31-17)14-18-7-11-28(25(30)15-18)33-27-12-9-24(29)21-5-3-4-6-22(21)27/h3-13,15-16H,14H2,1-2H3. The molecule has 0 aliphatic carbocycles. The summed E-state index contributed by atoms with van der Waals surface area (Å²) in [5, 5.41) is 4.21. The highest BCUT2D eigenvalue weighted by Crippen LogP contribution is 2.37. The molecule has 164 valence electrons. The Bertz CT molecular complexity index is 1500. The molecule has 0 atom stereocenters. The molecule has 0 aliphatic rings. The molecule has 3 nitrogen and oxygen atoms in total. The van der Waals surface area contributed by atoms with Gasteiger partial charge in [-0.1, -0.05) is 53.5 Å². The van der Waals surface area contributed by atoms with E-state index < -0.39 is 0 Å². The van der Waals surface area contributed by atoms with Gasteiger partial charge >= 0.3 is 0 Å². The molecule has 0 bridgehead atoms. The number of aromatic nitrogens is 1. The van der Waals surface area contributed by atoms with Gasteiger partial charge in [0.15, 0.2) is 0 Å². The number of pyridine rings is 1. The van der Waals surface area contributed by atoms with Crippen LogP contribution in [0, 0.1) is 6.92 Å². The highest BCUT2D eigenvalue weighted by Gasteiger charge is 2.11. The first-order valence-corrected chi connectivity index (χ1v) is 11.4. The molecule has 0 fully saturated rings. The molecule has 5 heteroatoms. The molecule has 0 saturated carbocycles. The van der Waals surface area contributed by atoms with Crippen LogP contribution in [0.5, 0.6) is 17.2 Å². The Balaban J connectivity index is 1.47. The summed E-state index contributed by atoms with van der Waals surface area (Å²) in [4.78, 5) is 4.65. The van der Waals surface area contributed by atoms with Gasteiger partial charge in [0.2, 0.25) is 0 Å². The van der Waals surface area contributed by atoms with E-state index in [-0.39, 0.29) is 0 Å². The number of ether oxygens (including phenoxy) is 2. The molecule has 0 N–H and O–H groups in total. The average Bonchev–Trinajstić information content (AvgIpc) is 2.82. The molecular weight excluding hydrogens is 453 g/mol. The van der Waals surface area contributed by atoms with Crippen LogP contribution in [-0.4, -0.2) is 12.1 Å². The lowest BCUT2D eigenvalue weighted by Crippen LogP contribution is -1.96. The third-order valence-electron chi connectivity index (χ3n) is 5.67. The molecule has 0 radical (unpaired) electrons. The van der Waals surface area contributed by atoms with Gasteiger partial charge in [0, 0.05) is 26.9 Å². The minimum absolute atomic E-state index is 0.555. The SMILES string of the molecule is COc1ccc2nc(C)cc(Cc3ccc(Oc4ccc(Cl)c5ccccc45)c(Cl)c3)c2c1. The molecule has 1 heterocycles. The third-order valence-corrected chi connectivity index (χ3v) is 6.30. The van der Waals surface area contributed by atoms with E-state index in [2.05, 4.69) is 11.1 Å². The normalized spacial score (nSPS) is 11.2. The van der Waals surface area contributed by atoms with Gasteiger partial charge < -0.3 is 9.47 Å². The quantitative estimate of drug-likeness (QED) is 0.256. The number of halogens is 2. The van der Waals surface area contributed by atoms with Crippen molar-refractivity contribution in [2.24, 2.45) is 0 Å². The van der Waals surface area contributed by atoms with E-state index in [0.29, 0.717) is 21.5 Å². The lowest BCUT2D eigenvalue weighted by molar-refractivity contribution is 0.415. The molecule has 0 unspecified atom stereocenters. The van der Waals surface area contributed by atoms with Crippen LogP contribution in [-0.2, 0) is 6.42 Å². The van der Waals surface area contributed by atoms with Gasteiger partial charge in [0.1, 0.15) is 17.2 Å². The molecule has 1 aromatic heterocycles.